The Morgan fingerprint density at radius 2 is 1.67 bits per heavy atom. The number of rotatable bonds is 9. The Morgan fingerprint density at radius 1 is 1.00 bits per heavy atom. The lowest BCUT2D eigenvalue weighted by Gasteiger charge is -2.11. The lowest BCUT2D eigenvalue weighted by molar-refractivity contribution is 0.242. The molecular formula is C21H29N3O3. The van der Waals surface area contributed by atoms with Crippen LogP contribution in [-0.4, -0.2) is 32.8 Å². The minimum absolute atomic E-state index is 0.166. The van der Waals surface area contributed by atoms with E-state index in [4.69, 9.17) is 19.9 Å². The minimum Gasteiger partial charge on any atom is -0.493 e. The van der Waals surface area contributed by atoms with Gasteiger partial charge in [0.25, 0.3) is 0 Å². The molecule has 0 spiro atoms. The monoisotopic (exact) mass is 371 g/mol. The van der Waals surface area contributed by atoms with Crippen molar-refractivity contribution in [3.05, 3.63) is 53.6 Å². The highest BCUT2D eigenvalue weighted by molar-refractivity contribution is 5.77. The van der Waals surface area contributed by atoms with Crippen LogP contribution in [0, 0.1) is 0 Å². The predicted molar refractivity (Wildman–Crippen MR) is 109 cm³/mol. The maximum Gasteiger partial charge on any atom is 0.188 e. The zero-order valence-electron chi connectivity index (χ0n) is 16.5. The SMILES string of the molecule is COc1ccc(CCNC(N)=NCc2ccc(OC(C)C)cc2)cc1OC. The van der Waals surface area contributed by atoms with Crippen LogP contribution in [0.15, 0.2) is 47.5 Å². The number of nitrogens with two attached hydrogens (primary N) is 1. The second-order valence-corrected chi connectivity index (χ2v) is 6.38. The van der Waals surface area contributed by atoms with E-state index in [0.29, 0.717) is 19.0 Å². The van der Waals surface area contributed by atoms with E-state index in [9.17, 15) is 0 Å². The third kappa shape index (κ3) is 6.73. The van der Waals surface area contributed by atoms with Gasteiger partial charge in [0.2, 0.25) is 0 Å². The van der Waals surface area contributed by atoms with Gasteiger partial charge in [0.15, 0.2) is 17.5 Å². The highest BCUT2D eigenvalue weighted by atomic mass is 16.5. The molecule has 0 atom stereocenters. The molecule has 2 rings (SSSR count). The number of nitrogens with zero attached hydrogens (tertiary/aromatic N) is 1. The average Bonchev–Trinajstić information content (AvgIpc) is 2.67. The largest absolute Gasteiger partial charge is 0.493 e. The van der Waals surface area contributed by atoms with Crippen molar-refractivity contribution in [1.82, 2.24) is 5.32 Å². The first-order valence-corrected chi connectivity index (χ1v) is 9.02. The summed E-state index contributed by atoms with van der Waals surface area (Å²) in [6, 6.07) is 13.8. The number of methoxy groups -OCH3 is 2. The number of benzene rings is 2. The smallest absolute Gasteiger partial charge is 0.188 e. The van der Waals surface area contributed by atoms with Gasteiger partial charge in [-0.1, -0.05) is 18.2 Å². The average molecular weight is 371 g/mol. The summed E-state index contributed by atoms with van der Waals surface area (Å²) in [5, 5.41) is 3.14. The fourth-order valence-electron chi connectivity index (χ4n) is 2.55. The van der Waals surface area contributed by atoms with Gasteiger partial charge in [-0.05, 0) is 55.7 Å². The standard InChI is InChI=1S/C21H29N3O3/c1-15(2)27-18-8-5-17(6-9-18)14-24-21(22)23-12-11-16-7-10-19(25-3)20(13-16)26-4/h5-10,13,15H,11-12,14H2,1-4H3,(H3,22,23,24). The van der Waals surface area contributed by atoms with Crippen molar-refractivity contribution < 1.29 is 14.2 Å². The number of hydrogen-bond donors (Lipinski definition) is 2. The fourth-order valence-corrected chi connectivity index (χ4v) is 2.55. The maximum atomic E-state index is 5.95. The molecule has 0 aliphatic rings. The van der Waals surface area contributed by atoms with E-state index in [2.05, 4.69) is 10.3 Å². The molecular weight excluding hydrogens is 342 g/mol. The highest BCUT2D eigenvalue weighted by Crippen LogP contribution is 2.27. The lowest BCUT2D eigenvalue weighted by Crippen LogP contribution is -2.33. The molecule has 27 heavy (non-hydrogen) atoms. The Morgan fingerprint density at radius 3 is 2.30 bits per heavy atom. The summed E-state index contributed by atoms with van der Waals surface area (Å²) in [7, 11) is 3.26. The van der Waals surface area contributed by atoms with E-state index < -0.39 is 0 Å². The number of nitrogens with one attached hydrogen (secondary N) is 1. The third-order valence-corrected chi connectivity index (χ3v) is 3.89. The molecule has 0 aliphatic carbocycles. The Labute approximate surface area is 161 Å². The molecule has 6 heteroatoms. The number of hydrogen-bond acceptors (Lipinski definition) is 4. The quantitative estimate of drug-likeness (QED) is 0.523. The van der Waals surface area contributed by atoms with Crippen molar-refractivity contribution in [1.29, 1.82) is 0 Å². The van der Waals surface area contributed by atoms with E-state index in [-0.39, 0.29) is 6.10 Å². The molecule has 0 saturated heterocycles. The molecule has 0 fully saturated rings. The van der Waals surface area contributed by atoms with Crippen molar-refractivity contribution >= 4 is 5.96 Å². The van der Waals surface area contributed by atoms with Gasteiger partial charge in [0, 0.05) is 6.54 Å². The summed E-state index contributed by atoms with van der Waals surface area (Å²) in [6.07, 6.45) is 0.969. The van der Waals surface area contributed by atoms with Gasteiger partial charge in [0.05, 0.1) is 26.9 Å². The van der Waals surface area contributed by atoms with Crippen molar-refractivity contribution in [2.45, 2.75) is 32.9 Å². The summed E-state index contributed by atoms with van der Waals surface area (Å²) >= 11 is 0. The Hall–Kier alpha value is -2.89. The van der Waals surface area contributed by atoms with Crippen molar-refractivity contribution in [3.63, 3.8) is 0 Å². The van der Waals surface area contributed by atoms with E-state index in [1.807, 2.05) is 56.3 Å². The first-order valence-electron chi connectivity index (χ1n) is 9.02. The summed E-state index contributed by atoms with van der Waals surface area (Å²) in [5.74, 6) is 2.73. The highest BCUT2D eigenvalue weighted by Gasteiger charge is 2.04. The minimum atomic E-state index is 0.166. The van der Waals surface area contributed by atoms with Crippen molar-refractivity contribution in [2.24, 2.45) is 10.7 Å². The zero-order valence-corrected chi connectivity index (χ0v) is 16.5. The summed E-state index contributed by atoms with van der Waals surface area (Å²) in [5.41, 5.74) is 8.17. The van der Waals surface area contributed by atoms with Gasteiger partial charge in [-0.2, -0.15) is 0 Å². The maximum absolute atomic E-state index is 5.95. The molecule has 0 aromatic heterocycles. The van der Waals surface area contributed by atoms with Gasteiger partial charge in [-0.15, -0.1) is 0 Å². The Kier molecular flexibility index (Phi) is 7.79. The van der Waals surface area contributed by atoms with Crippen LogP contribution in [0.25, 0.3) is 0 Å². The molecule has 0 unspecified atom stereocenters. The third-order valence-electron chi connectivity index (χ3n) is 3.89. The Balaban J connectivity index is 1.80. The van der Waals surface area contributed by atoms with Crippen LogP contribution in [0.5, 0.6) is 17.2 Å². The van der Waals surface area contributed by atoms with Crippen LogP contribution in [0.2, 0.25) is 0 Å². The summed E-state index contributed by atoms with van der Waals surface area (Å²) in [6.45, 7) is 5.22. The van der Waals surface area contributed by atoms with Gasteiger partial charge >= 0.3 is 0 Å². The summed E-state index contributed by atoms with van der Waals surface area (Å²) < 4.78 is 16.2. The zero-order chi connectivity index (χ0) is 19.6. The van der Waals surface area contributed by atoms with Crippen LogP contribution in [-0.2, 0) is 13.0 Å². The van der Waals surface area contributed by atoms with E-state index in [1.54, 1.807) is 14.2 Å². The molecule has 0 aliphatic heterocycles. The number of ether oxygens (including phenoxy) is 3. The van der Waals surface area contributed by atoms with Crippen LogP contribution in [0.4, 0.5) is 0 Å². The lowest BCUT2D eigenvalue weighted by atomic mass is 10.1. The first kappa shape index (κ1) is 20.4. The molecule has 6 nitrogen and oxygen atoms in total. The van der Waals surface area contributed by atoms with Gasteiger partial charge in [-0.3, -0.25) is 0 Å². The van der Waals surface area contributed by atoms with Crippen molar-refractivity contribution in [3.8, 4) is 17.2 Å². The molecule has 0 bridgehead atoms. The van der Waals surface area contributed by atoms with E-state index in [1.165, 1.54) is 0 Å². The molecule has 2 aromatic carbocycles. The van der Waals surface area contributed by atoms with Crippen LogP contribution in [0.3, 0.4) is 0 Å². The molecule has 0 radical (unpaired) electrons. The molecule has 0 amide bonds. The number of guanidine groups is 1. The van der Waals surface area contributed by atoms with Crippen molar-refractivity contribution in [2.75, 3.05) is 20.8 Å². The topological polar surface area (TPSA) is 78.1 Å². The van der Waals surface area contributed by atoms with Gasteiger partial charge in [-0.25, -0.2) is 4.99 Å². The normalized spacial score (nSPS) is 11.4. The first-order chi connectivity index (χ1) is 13.0. The summed E-state index contributed by atoms with van der Waals surface area (Å²) in [4.78, 5) is 4.38. The molecule has 3 N–H and O–H groups in total. The van der Waals surface area contributed by atoms with Crippen LogP contribution >= 0.6 is 0 Å². The second-order valence-electron chi connectivity index (χ2n) is 6.38. The Bertz CT molecular complexity index is 743. The van der Waals surface area contributed by atoms with Crippen LogP contribution < -0.4 is 25.3 Å². The van der Waals surface area contributed by atoms with Gasteiger partial charge in [0.1, 0.15) is 5.75 Å². The second kappa shape index (κ2) is 10.3. The molecule has 0 saturated carbocycles. The fraction of sp³-hybridized carbons (Fsp3) is 0.381. The predicted octanol–water partition coefficient (Wildman–Crippen LogP) is 3.14. The van der Waals surface area contributed by atoms with Crippen LogP contribution in [0.1, 0.15) is 25.0 Å². The van der Waals surface area contributed by atoms with E-state index in [0.717, 1.165) is 34.8 Å². The molecule has 146 valence electrons. The molecule has 0 heterocycles. The van der Waals surface area contributed by atoms with E-state index >= 15 is 0 Å². The molecule has 2 aromatic rings. The number of aliphatic imine (C=N–C) groups is 1. The van der Waals surface area contributed by atoms with Gasteiger partial charge < -0.3 is 25.3 Å².